The highest BCUT2D eigenvalue weighted by molar-refractivity contribution is 7.93. The summed E-state index contributed by atoms with van der Waals surface area (Å²) in [5, 5.41) is 1.63. The summed E-state index contributed by atoms with van der Waals surface area (Å²) in [6.07, 6.45) is 0. The van der Waals surface area contributed by atoms with Gasteiger partial charge in [-0.3, -0.25) is 4.72 Å². The van der Waals surface area contributed by atoms with Crippen LogP contribution in [0, 0.1) is 13.8 Å². The van der Waals surface area contributed by atoms with Crippen molar-refractivity contribution in [3.05, 3.63) is 71.8 Å². The number of aryl methyl sites for hydroxylation is 2. The summed E-state index contributed by atoms with van der Waals surface area (Å²) < 4.78 is 28.2. The van der Waals surface area contributed by atoms with Gasteiger partial charge in [0, 0.05) is 5.39 Å². The topological polar surface area (TPSA) is 46.2 Å². The minimum Gasteiger partial charge on any atom is -0.279 e. The first-order valence-electron chi connectivity index (χ1n) is 7.05. The van der Waals surface area contributed by atoms with Crippen molar-refractivity contribution in [2.75, 3.05) is 4.72 Å². The monoisotopic (exact) mass is 311 g/mol. The molecule has 22 heavy (non-hydrogen) atoms. The maximum atomic E-state index is 12.7. The van der Waals surface area contributed by atoms with Crippen LogP contribution < -0.4 is 4.72 Å². The van der Waals surface area contributed by atoms with Gasteiger partial charge in [-0.25, -0.2) is 8.42 Å². The Labute approximate surface area is 130 Å². The number of benzene rings is 3. The zero-order valence-electron chi connectivity index (χ0n) is 12.5. The standard InChI is InChI=1S/C18H17NO2S/c1-13-10-11-17(14(2)12-13)19-22(20,21)18-9-5-7-15-6-3-4-8-16(15)18/h3-12,19H,1-2H3. The number of fused-ring (bicyclic) bond motifs is 1. The van der Waals surface area contributed by atoms with Crippen LogP contribution in [0.15, 0.2) is 65.6 Å². The molecule has 4 heteroatoms. The highest BCUT2D eigenvalue weighted by Gasteiger charge is 2.17. The fourth-order valence-corrected chi connectivity index (χ4v) is 3.92. The molecule has 0 amide bonds. The Morgan fingerprint density at radius 1 is 0.864 bits per heavy atom. The van der Waals surface area contributed by atoms with E-state index in [4.69, 9.17) is 0 Å². The quantitative estimate of drug-likeness (QED) is 0.785. The summed E-state index contributed by atoms with van der Waals surface area (Å²) in [5.41, 5.74) is 2.62. The molecular formula is C18H17NO2S. The van der Waals surface area contributed by atoms with Gasteiger partial charge in [0.1, 0.15) is 0 Å². The summed E-state index contributed by atoms with van der Waals surface area (Å²) in [6.45, 7) is 3.88. The fraction of sp³-hybridized carbons (Fsp3) is 0.111. The zero-order chi connectivity index (χ0) is 15.7. The van der Waals surface area contributed by atoms with Gasteiger partial charge >= 0.3 is 0 Å². The van der Waals surface area contributed by atoms with E-state index in [0.29, 0.717) is 10.6 Å². The van der Waals surface area contributed by atoms with Crippen LogP contribution in [0.5, 0.6) is 0 Å². The van der Waals surface area contributed by atoms with Crippen LogP contribution >= 0.6 is 0 Å². The average molecular weight is 311 g/mol. The molecular weight excluding hydrogens is 294 g/mol. The van der Waals surface area contributed by atoms with Gasteiger partial charge in [0.2, 0.25) is 0 Å². The molecule has 0 aliphatic heterocycles. The van der Waals surface area contributed by atoms with Crippen molar-refractivity contribution >= 4 is 26.5 Å². The maximum absolute atomic E-state index is 12.7. The van der Waals surface area contributed by atoms with Crippen molar-refractivity contribution in [2.45, 2.75) is 18.7 Å². The van der Waals surface area contributed by atoms with E-state index < -0.39 is 10.0 Å². The Morgan fingerprint density at radius 2 is 1.59 bits per heavy atom. The second-order valence-corrected chi connectivity index (χ2v) is 7.05. The van der Waals surface area contributed by atoms with E-state index in [0.717, 1.165) is 21.9 Å². The lowest BCUT2D eigenvalue weighted by molar-refractivity contribution is 0.602. The van der Waals surface area contributed by atoms with E-state index in [1.165, 1.54) is 0 Å². The highest BCUT2D eigenvalue weighted by atomic mass is 32.2. The van der Waals surface area contributed by atoms with Crippen molar-refractivity contribution in [3.8, 4) is 0 Å². The van der Waals surface area contributed by atoms with Gasteiger partial charge in [-0.05, 0) is 36.9 Å². The Morgan fingerprint density at radius 3 is 2.36 bits per heavy atom. The minimum atomic E-state index is -3.63. The molecule has 3 aromatic carbocycles. The van der Waals surface area contributed by atoms with E-state index in [-0.39, 0.29) is 0 Å². The lowest BCUT2D eigenvalue weighted by atomic mass is 10.1. The highest BCUT2D eigenvalue weighted by Crippen LogP contribution is 2.26. The SMILES string of the molecule is Cc1ccc(NS(=O)(=O)c2cccc3ccccc23)c(C)c1. The minimum absolute atomic E-state index is 0.297. The van der Waals surface area contributed by atoms with Crippen molar-refractivity contribution in [2.24, 2.45) is 0 Å². The van der Waals surface area contributed by atoms with E-state index in [1.807, 2.05) is 56.3 Å². The molecule has 0 aliphatic carbocycles. The number of rotatable bonds is 3. The molecule has 0 saturated heterocycles. The van der Waals surface area contributed by atoms with E-state index >= 15 is 0 Å². The van der Waals surface area contributed by atoms with Crippen molar-refractivity contribution in [3.63, 3.8) is 0 Å². The molecule has 0 aromatic heterocycles. The Bertz CT molecular complexity index is 941. The molecule has 3 aromatic rings. The number of hydrogen-bond acceptors (Lipinski definition) is 2. The van der Waals surface area contributed by atoms with Crippen molar-refractivity contribution < 1.29 is 8.42 Å². The summed E-state index contributed by atoms with van der Waals surface area (Å²) >= 11 is 0. The average Bonchev–Trinajstić information content (AvgIpc) is 2.49. The van der Waals surface area contributed by atoms with E-state index in [1.54, 1.807) is 18.2 Å². The smallest absolute Gasteiger partial charge is 0.262 e. The normalized spacial score (nSPS) is 11.5. The molecule has 0 fully saturated rings. The predicted octanol–water partition coefficient (Wildman–Crippen LogP) is 4.26. The molecule has 1 N–H and O–H groups in total. The molecule has 112 valence electrons. The zero-order valence-corrected chi connectivity index (χ0v) is 13.3. The second-order valence-electron chi connectivity index (χ2n) is 5.40. The first kappa shape index (κ1) is 14.6. The molecule has 0 unspecified atom stereocenters. The molecule has 0 radical (unpaired) electrons. The van der Waals surface area contributed by atoms with Crippen LogP contribution in [-0.4, -0.2) is 8.42 Å². The largest absolute Gasteiger partial charge is 0.279 e. The van der Waals surface area contributed by atoms with E-state index in [2.05, 4.69) is 4.72 Å². The molecule has 0 bridgehead atoms. The fourth-order valence-electron chi connectivity index (χ4n) is 2.56. The summed E-state index contributed by atoms with van der Waals surface area (Å²) in [6, 6.07) is 18.4. The predicted molar refractivity (Wildman–Crippen MR) is 90.7 cm³/mol. The molecule has 3 rings (SSSR count). The second kappa shape index (κ2) is 5.46. The van der Waals surface area contributed by atoms with Gasteiger partial charge in [-0.15, -0.1) is 0 Å². The van der Waals surface area contributed by atoms with Gasteiger partial charge in [0.25, 0.3) is 10.0 Å². The summed E-state index contributed by atoms with van der Waals surface area (Å²) in [7, 11) is -3.63. The lowest BCUT2D eigenvalue weighted by Gasteiger charge is -2.13. The van der Waals surface area contributed by atoms with Gasteiger partial charge in [-0.1, -0.05) is 54.1 Å². The third-order valence-corrected chi connectivity index (χ3v) is 5.09. The van der Waals surface area contributed by atoms with Crippen LogP contribution in [0.4, 0.5) is 5.69 Å². The first-order valence-corrected chi connectivity index (χ1v) is 8.53. The van der Waals surface area contributed by atoms with Crippen molar-refractivity contribution in [1.82, 2.24) is 0 Å². The van der Waals surface area contributed by atoms with Gasteiger partial charge in [-0.2, -0.15) is 0 Å². The first-order chi connectivity index (χ1) is 10.5. The molecule has 0 saturated carbocycles. The van der Waals surface area contributed by atoms with Crippen LogP contribution in [-0.2, 0) is 10.0 Å². The van der Waals surface area contributed by atoms with E-state index in [9.17, 15) is 8.42 Å². The van der Waals surface area contributed by atoms with Gasteiger partial charge < -0.3 is 0 Å². The number of sulfonamides is 1. The molecule has 0 atom stereocenters. The van der Waals surface area contributed by atoms with Gasteiger partial charge in [0.15, 0.2) is 0 Å². The van der Waals surface area contributed by atoms with Gasteiger partial charge in [0.05, 0.1) is 10.6 Å². The van der Waals surface area contributed by atoms with Crippen LogP contribution in [0.2, 0.25) is 0 Å². The number of nitrogens with one attached hydrogen (secondary N) is 1. The summed E-state index contributed by atoms with van der Waals surface area (Å²) in [4.78, 5) is 0.297. The Hall–Kier alpha value is -2.33. The third-order valence-electron chi connectivity index (χ3n) is 3.67. The van der Waals surface area contributed by atoms with Crippen LogP contribution in [0.25, 0.3) is 10.8 Å². The number of hydrogen-bond donors (Lipinski definition) is 1. The third kappa shape index (κ3) is 2.70. The Balaban J connectivity index is 2.09. The number of anilines is 1. The molecule has 0 heterocycles. The Kier molecular flexibility index (Phi) is 3.62. The molecule has 0 aliphatic rings. The maximum Gasteiger partial charge on any atom is 0.262 e. The summed E-state index contributed by atoms with van der Waals surface area (Å²) in [5.74, 6) is 0. The van der Waals surface area contributed by atoms with Crippen LogP contribution in [0.1, 0.15) is 11.1 Å². The van der Waals surface area contributed by atoms with Crippen molar-refractivity contribution in [1.29, 1.82) is 0 Å². The molecule has 0 spiro atoms. The lowest BCUT2D eigenvalue weighted by Crippen LogP contribution is -2.14. The van der Waals surface area contributed by atoms with Crippen LogP contribution in [0.3, 0.4) is 0 Å². The molecule has 3 nitrogen and oxygen atoms in total.